The predicted molar refractivity (Wildman–Crippen MR) is 83.4 cm³/mol. The van der Waals surface area contributed by atoms with Gasteiger partial charge in [-0.2, -0.15) is 0 Å². The van der Waals surface area contributed by atoms with Crippen LogP contribution in [-0.2, 0) is 16.9 Å². The topological polar surface area (TPSA) is 85.2 Å². The Hall–Kier alpha value is -2.41. The lowest BCUT2D eigenvalue weighted by Gasteiger charge is -2.13. The number of aromatic nitrogens is 1. The van der Waals surface area contributed by atoms with E-state index in [0.717, 1.165) is 5.41 Å². The van der Waals surface area contributed by atoms with E-state index < -0.39 is 21.8 Å². The van der Waals surface area contributed by atoms with E-state index in [-0.39, 0.29) is 16.9 Å². The summed E-state index contributed by atoms with van der Waals surface area (Å²) in [5.41, 5.74) is 0.601. The van der Waals surface area contributed by atoms with E-state index >= 15 is 0 Å². The van der Waals surface area contributed by atoms with Gasteiger partial charge in [0.25, 0.3) is 11.5 Å². The van der Waals surface area contributed by atoms with Crippen molar-refractivity contribution in [1.82, 2.24) is 9.88 Å². The van der Waals surface area contributed by atoms with Gasteiger partial charge >= 0.3 is 0 Å². The number of hydrogen-bond acceptors (Lipinski definition) is 4. The summed E-state index contributed by atoms with van der Waals surface area (Å²) in [6.45, 7) is 0. The van der Waals surface area contributed by atoms with Gasteiger partial charge in [0.15, 0.2) is 9.84 Å². The molecule has 2 heterocycles. The molecule has 0 fully saturated rings. The zero-order chi connectivity index (χ0) is 15.9. The molecule has 2 aromatic rings. The number of carbonyl (C=O) groups is 1. The summed E-state index contributed by atoms with van der Waals surface area (Å²) < 4.78 is 24.2. The normalized spacial score (nSPS) is 19.4. The molecule has 7 heteroatoms. The Labute approximate surface area is 127 Å². The molecule has 1 unspecified atom stereocenters. The first-order chi connectivity index (χ1) is 10.4. The monoisotopic (exact) mass is 318 g/mol. The van der Waals surface area contributed by atoms with Crippen molar-refractivity contribution in [3.8, 4) is 0 Å². The van der Waals surface area contributed by atoms with Crippen LogP contribution in [-0.4, -0.2) is 30.7 Å². The Balaban J connectivity index is 2.00. The number of benzene rings is 1. The smallest absolute Gasteiger partial charge is 0.252 e. The van der Waals surface area contributed by atoms with Crippen molar-refractivity contribution < 1.29 is 13.2 Å². The van der Waals surface area contributed by atoms with E-state index in [1.807, 2.05) is 0 Å². The van der Waals surface area contributed by atoms with Crippen LogP contribution in [0.25, 0.3) is 10.9 Å². The molecule has 1 amide bonds. The third kappa shape index (κ3) is 2.55. The minimum absolute atomic E-state index is 0.151. The summed E-state index contributed by atoms with van der Waals surface area (Å²) in [4.78, 5) is 24.4. The maximum Gasteiger partial charge on any atom is 0.252 e. The number of amides is 1. The summed E-state index contributed by atoms with van der Waals surface area (Å²) >= 11 is 0. The third-order valence-corrected chi connectivity index (χ3v) is 5.04. The van der Waals surface area contributed by atoms with E-state index in [0.29, 0.717) is 10.9 Å². The van der Waals surface area contributed by atoms with Gasteiger partial charge in [-0.1, -0.05) is 18.2 Å². The van der Waals surface area contributed by atoms with E-state index in [1.165, 1.54) is 16.7 Å². The molecule has 1 aliphatic rings. The van der Waals surface area contributed by atoms with Crippen molar-refractivity contribution in [3.63, 3.8) is 0 Å². The van der Waals surface area contributed by atoms with Gasteiger partial charge in [-0.05, 0) is 12.1 Å². The average molecular weight is 318 g/mol. The minimum atomic E-state index is -3.24. The Morgan fingerprint density at radius 3 is 2.73 bits per heavy atom. The molecule has 114 valence electrons. The molecule has 22 heavy (non-hydrogen) atoms. The van der Waals surface area contributed by atoms with Crippen molar-refractivity contribution in [2.24, 2.45) is 7.05 Å². The molecular weight excluding hydrogens is 304 g/mol. The van der Waals surface area contributed by atoms with Crippen LogP contribution < -0.4 is 10.9 Å². The highest BCUT2D eigenvalue weighted by atomic mass is 32.2. The first kappa shape index (κ1) is 14.5. The lowest BCUT2D eigenvalue weighted by Crippen LogP contribution is -2.36. The van der Waals surface area contributed by atoms with Crippen molar-refractivity contribution >= 4 is 26.6 Å². The quantitative estimate of drug-likeness (QED) is 0.877. The van der Waals surface area contributed by atoms with Gasteiger partial charge in [0.1, 0.15) is 0 Å². The summed E-state index contributed by atoms with van der Waals surface area (Å²) in [6.07, 6.45) is 1.44. The number of fused-ring (bicyclic) bond motifs is 1. The van der Waals surface area contributed by atoms with Crippen molar-refractivity contribution in [2.45, 2.75) is 6.04 Å². The van der Waals surface area contributed by atoms with Gasteiger partial charge in [0, 0.05) is 23.9 Å². The minimum Gasteiger partial charge on any atom is -0.345 e. The number of hydrogen-bond donors (Lipinski definition) is 1. The number of rotatable bonds is 2. The van der Waals surface area contributed by atoms with Gasteiger partial charge in [-0.15, -0.1) is 0 Å². The lowest BCUT2D eigenvalue weighted by atomic mass is 10.1. The molecule has 6 nitrogen and oxygen atoms in total. The van der Waals surface area contributed by atoms with Crippen LogP contribution in [0.5, 0.6) is 0 Å². The molecule has 1 aliphatic heterocycles. The first-order valence-corrected chi connectivity index (χ1v) is 8.39. The first-order valence-electron chi connectivity index (χ1n) is 6.68. The molecule has 1 aromatic carbocycles. The second-order valence-corrected chi connectivity index (χ2v) is 7.14. The van der Waals surface area contributed by atoms with Crippen molar-refractivity contribution in [1.29, 1.82) is 0 Å². The molecule has 1 N–H and O–H groups in total. The van der Waals surface area contributed by atoms with E-state index in [2.05, 4.69) is 5.32 Å². The molecule has 0 bridgehead atoms. The zero-order valence-corrected chi connectivity index (χ0v) is 12.6. The molecule has 1 aromatic heterocycles. The van der Waals surface area contributed by atoms with E-state index in [4.69, 9.17) is 0 Å². The van der Waals surface area contributed by atoms with Gasteiger partial charge in [0.05, 0.1) is 22.9 Å². The van der Waals surface area contributed by atoms with Crippen molar-refractivity contribution in [3.05, 3.63) is 57.7 Å². The fourth-order valence-corrected chi connectivity index (χ4v) is 3.75. The highest BCUT2D eigenvalue weighted by Gasteiger charge is 2.24. The Kier molecular flexibility index (Phi) is 3.37. The largest absolute Gasteiger partial charge is 0.345 e. The molecule has 0 saturated carbocycles. The second kappa shape index (κ2) is 5.10. The molecule has 0 radical (unpaired) electrons. The maximum atomic E-state index is 12.4. The predicted octanol–water partition coefficient (Wildman–Crippen LogP) is 0.579. The molecule has 0 saturated heterocycles. The molecule has 1 atom stereocenters. The summed E-state index contributed by atoms with van der Waals surface area (Å²) in [7, 11) is -1.60. The Morgan fingerprint density at radius 1 is 1.32 bits per heavy atom. The lowest BCUT2D eigenvalue weighted by molar-refractivity contribution is 0.0949. The summed E-state index contributed by atoms with van der Waals surface area (Å²) in [5.74, 6) is -0.609. The summed E-state index contributed by atoms with van der Waals surface area (Å²) in [6, 6.07) is 7.78. The SMILES string of the molecule is Cn1c(=O)cc(C(=O)NC2C=CS(=O)(=O)C2)c2ccccc21. The van der Waals surface area contributed by atoms with Crippen LogP contribution in [0.3, 0.4) is 0 Å². The number of sulfone groups is 1. The number of para-hydroxylation sites is 1. The zero-order valence-electron chi connectivity index (χ0n) is 11.8. The van der Waals surface area contributed by atoms with E-state index in [1.54, 1.807) is 31.3 Å². The number of aryl methyl sites for hydroxylation is 1. The van der Waals surface area contributed by atoms with Crippen LogP contribution in [0.2, 0.25) is 0 Å². The van der Waals surface area contributed by atoms with Gasteiger partial charge < -0.3 is 9.88 Å². The fraction of sp³-hybridized carbons (Fsp3) is 0.200. The average Bonchev–Trinajstić information content (AvgIpc) is 2.81. The van der Waals surface area contributed by atoms with Gasteiger partial charge in [0.2, 0.25) is 0 Å². The van der Waals surface area contributed by atoms with Crippen molar-refractivity contribution in [2.75, 3.05) is 5.75 Å². The highest BCUT2D eigenvalue weighted by Crippen LogP contribution is 2.17. The van der Waals surface area contributed by atoms with Crippen LogP contribution >= 0.6 is 0 Å². The van der Waals surface area contributed by atoms with Crippen LogP contribution in [0.4, 0.5) is 0 Å². The number of pyridine rings is 1. The summed E-state index contributed by atoms with van der Waals surface area (Å²) in [5, 5.41) is 4.38. The molecule has 0 spiro atoms. The molecule has 0 aliphatic carbocycles. The van der Waals surface area contributed by atoms with Crippen LogP contribution in [0.15, 0.2) is 46.6 Å². The number of nitrogens with one attached hydrogen (secondary N) is 1. The second-order valence-electron chi connectivity index (χ2n) is 5.21. The number of carbonyl (C=O) groups excluding carboxylic acids is 1. The van der Waals surface area contributed by atoms with Crippen LogP contribution in [0.1, 0.15) is 10.4 Å². The van der Waals surface area contributed by atoms with E-state index in [9.17, 15) is 18.0 Å². The fourth-order valence-electron chi connectivity index (χ4n) is 2.51. The maximum absolute atomic E-state index is 12.4. The molecule has 3 rings (SSSR count). The highest BCUT2D eigenvalue weighted by molar-refractivity contribution is 7.94. The van der Waals surface area contributed by atoms with Gasteiger partial charge in [-0.3, -0.25) is 9.59 Å². The third-order valence-electron chi connectivity index (χ3n) is 3.65. The number of nitrogens with zero attached hydrogens (tertiary/aromatic N) is 1. The molecular formula is C15H14N2O4S. The Bertz CT molecular complexity index is 957. The van der Waals surface area contributed by atoms with Gasteiger partial charge in [-0.25, -0.2) is 8.42 Å². The van der Waals surface area contributed by atoms with Crippen LogP contribution in [0, 0.1) is 0 Å². The Morgan fingerprint density at radius 2 is 2.05 bits per heavy atom. The standard InChI is InChI=1S/C15H14N2O4S/c1-17-13-5-3-2-4-11(13)12(8-14(17)18)15(19)16-10-6-7-22(20,21)9-10/h2-8,10H,9H2,1H3,(H,16,19).